The lowest BCUT2D eigenvalue weighted by Gasteiger charge is -2.09. The van der Waals surface area contributed by atoms with E-state index in [0.29, 0.717) is 23.4 Å². The van der Waals surface area contributed by atoms with Crippen molar-refractivity contribution in [3.05, 3.63) is 34.8 Å². The van der Waals surface area contributed by atoms with Crippen molar-refractivity contribution < 1.29 is 13.2 Å². The van der Waals surface area contributed by atoms with Crippen LogP contribution in [0.2, 0.25) is 0 Å². The number of ether oxygens (including phenoxy) is 1. The molecule has 5 nitrogen and oxygen atoms in total. The van der Waals surface area contributed by atoms with E-state index in [1.807, 2.05) is 6.92 Å². The molecule has 0 aliphatic rings. The van der Waals surface area contributed by atoms with Gasteiger partial charge >= 0.3 is 0 Å². The van der Waals surface area contributed by atoms with Crippen LogP contribution in [-0.4, -0.2) is 28.2 Å². The van der Waals surface area contributed by atoms with Crippen LogP contribution in [0.4, 0.5) is 5.69 Å². The minimum atomic E-state index is -3.56. The van der Waals surface area contributed by atoms with Crippen LogP contribution in [0, 0.1) is 0 Å². The standard InChI is InChI=1S/C12H17BrN2O3S/c1-9(2)8-18-6-5-15-19(16,17)12-4-3-10(14)7-11(12)13/h3-4,7,15H,1,5-6,8,14H2,2H3. The van der Waals surface area contributed by atoms with Gasteiger partial charge in [-0.15, -0.1) is 0 Å². The quantitative estimate of drug-likeness (QED) is 0.448. The molecule has 0 spiro atoms. The number of anilines is 1. The fourth-order valence-corrected chi connectivity index (χ4v) is 3.41. The van der Waals surface area contributed by atoms with Crippen LogP contribution >= 0.6 is 15.9 Å². The maximum absolute atomic E-state index is 12.0. The fraction of sp³-hybridized carbons (Fsp3) is 0.333. The lowest BCUT2D eigenvalue weighted by molar-refractivity contribution is 0.162. The Labute approximate surface area is 122 Å². The lowest BCUT2D eigenvalue weighted by Crippen LogP contribution is -2.28. The number of rotatable bonds is 7. The average molecular weight is 349 g/mol. The maximum Gasteiger partial charge on any atom is 0.241 e. The normalized spacial score (nSPS) is 11.5. The Kier molecular flexibility index (Phi) is 5.99. The van der Waals surface area contributed by atoms with E-state index >= 15 is 0 Å². The third-order valence-corrected chi connectivity index (χ3v) is 4.57. The molecule has 0 heterocycles. The first-order chi connectivity index (χ1) is 8.83. The Balaban J connectivity index is 2.59. The number of hydrogen-bond donors (Lipinski definition) is 2. The van der Waals surface area contributed by atoms with Crippen molar-refractivity contribution in [2.24, 2.45) is 0 Å². The number of halogens is 1. The fourth-order valence-electron chi connectivity index (χ4n) is 1.31. The van der Waals surface area contributed by atoms with E-state index in [2.05, 4.69) is 27.2 Å². The van der Waals surface area contributed by atoms with E-state index in [-0.39, 0.29) is 11.4 Å². The topological polar surface area (TPSA) is 81.4 Å². The minimum Gasteiger partial charge on any atom is -0.399 e. The summed E-state index contributed by atoms with van der Waals surface area (Å²) in [6.45, 7) is 6.45. The zero-order chi connectivity index (χ0) is 14.5. The largest absolute Gasteiger partial charge is 0.399 e. The molecule has 0 aliphatic carbocycles. The Morgan fingerprint density at radius 2 is 2.21 bits per heavy atom. The first-order valence-corrected chi connectivity index (χ1v) is 7.87. The van der Waals surface area contributed by atoms with E-state index in [1.54, 1.807) is 6.07 Å². The molecule has 106 valence electrons. The van der Waals surface area contributed by atoms with Crippen molar-refractivity contribution in [3.8, 4) is 0 Å². The van der Waals surface area contributed by atoms with Gasteiger partial charge in [0.1, 0.15) is 0 Å². The molecule has 0 atom stereocenters. The Hall–Kier alpha value is -0.890. The third-order valence-electron chi connectivity index (χ3n) is 2.13. The van der Waals surface area contributed by atoms with Crippen LogP contribution in [0.1, 0.15) is 6.92 Å². The van der Waals surface area contributed by atoms with E-state index in [1.165, 1.54) is 12.1 Å². The van der Waals surface area contributed by atoms with Crippen LogP contribution in [0.25, 0.3) is 0 Å². The third kappa shape index (κ3) is 5.32. The summed E-state index contributed by atoms with van der Waals surface area (Å²) in [4.78, 5) is 0.154. The van der Waals surface area contributed by atoms with E-state index < -0.39 is 10.0 Å². The average Bonchev–Trinajstić information content (AvgIpc) is 2.27. The van der Waals surface area contributed by atoms with Gasteiger partial charge in [-0.3, -0.25) is 0 Å². The molecule has 0 saturated carbocycles. The van der Waals surface area contributed by atoms with E-state index in [0.717, 1.165) is 5.57 Å². The summed E-state index contributed by atoms with van der Waals surface area (Å²) in [5, 5.41) is 0. The van der Waals surface area contributed by atoms with Crippen LogP contribution in [0.5, 0.6) is 0 Å². The molecule has 1 aromatic rings. The molecule has 1 rings (SSSR count). The van der Waals surface area contributed by atoms with Gasteiger partial charge in [0, 0.05) is 16.7 Å². The molecule has 0 amide bonds. The SMILES string of the molecule is C=C(C)COCCNS(=O)(=O)c1ccc(N)cc1Br. The van der Waals surface area contributed by atoms with Gasteiger partial charge in [-0.25, -0.2) is 13.1 Å². The van der Waals surface area contributed by atoms with Crippen molar-refractivity contribution >= 4 is 31.6 Å². The zero-order valence-electron chi connectivity index (χ0n) is 10.6. The smallest absolute Gasteiger partial charge is 0.241 e. The maximum atomic E-state index is 12.0. The van der Waals surface area contributed by atoms with Gasteiger partial charge in [0.15, 0.2) is 0 Å². The molecular weight excluding hydrogens is 332 g/mol. The monoisotopic (exact) mass is 348 g/mol. The summed E-state index contributed by atoms with van der Waals surface area (Å²) in [6.07, 6.45) is 0. The predicted molar refractivity (Wildman–Crippen MR) is 79.4 cm³/mol. The lowest BCUT2D eigenvalue weighted by atomic mass is 10.3. The van der Waals surface area contributed by atoms with Crippen molar-refractivity contribution in [3.63, 3.8) is 0 Å². The van der Waals surface area contributed by atoms with E-state index in [4.69, 9.17) is 10.5 Å². The molecule has 0 saturated heterocycles. The molecule has 3 N–H and O–H groups in total. The molecular formula is C12H17BrN2O3S. The first-order valence-electron chi connectivity index (χ1n) is 5.60. The number of nitrogens with two attached hydrogens (primary N) is 1. The highest BCUT2D eigenvalue weighted by atomic mass is 79.9. The summed E-state index contributed by atoms with van der Waals surface area (Å²) in [6, 6.07) is 4.54. The molecule has 19 heavy (non-hydrogen) atoms. The number of nitrogens with one attached hydrogen (secondary N) is 1. The van der Waals surface area contributed by atoms with Gasteiger partial charge in [-0.2, -0.15) is 0 Å². The van der Waals surface area contributed by atoms with Gasteiger partial charge in [0.05, 0.1) is 18.1 Å². The molecule has 0 radical (unpaired) electrons. The summed E-state index contributed by atoms with van der Waals surface area (Å²) in [5.41, 5.74) is 6.95. The van der Waals surface area contributed by atoms with Crippen molar-refractivity contribution in [1.82, 2.24) is 4.72 Å². The first kappa shape index (κ1) is 16.2. The molecule has 0 aliphatic heterocycles. The number of hydrogen-bond acceptors (Lipinski definition) is 4. The molecule has 7 heteroatoms. The van der Waals surface area contributed by atoms with Crippen molar-refractivity contribution in [2.75, 3.05) is 25.5 Å². The molecule has 0 bridgehead atoms. The van der Waals surface area contributed by atoms with Crippen LogP contribution in [-0.2, 0) is 14.8 Å². The number of sulfonamides is 1. The Bertz CT molecular complexity index is 558. The number of nitrogen functional groups attached to an aromatic ring is 1. The van der Waals surface area contributed by atoms with Crippen molar-refractivity contribution in [1.29, 1.82) is 0 Å². The van der Waals surface area contributed by atoms with Gasteiger partial charge in [-0.1, -0.05) is 12.2 Å². The molecule has 0 aromatic heterocycles. The Morgan fingerprint density at radius 3 is 2.79 bits per heavy atom. The summed E-state index contributed by atoms with van der Waals surface area (Å²) in [7, 11) is -3.56. The predicted octanol–water partition coefficient (Wildman–Crippen LogP) is 1.90. The molecule has 0 unspecified atom stereocenters. The van der Waals surface area contributed by atoms with Crippen LogP contribution < -0.4 is 10.5 Å². The second-order valence-corrected chi connectivity index (χ2v) is 6.69. The minimum absolute atomic E-state index is 0.154. The summed E-state index contributed by atoms with van der Waals surface area (Å²) in [5.74, 6) is 0. The van der Waals surface area contributed by atoms with E-state index in [9.17, 15) is 8.42 Å². The second-order valence-electron chi connectivity index (χ2n) is 4.10. The zero-order valence-corrected chi connectivity index (χ0v) is 13.1. The van der Waals surface area contributed by atoms with Crippen LogP contribution in [0.15, 0.2) is 39.7 Å². The van der Waals surface area contributed by atoms with Gasteiger partial charge < -0.3 is 10.5 Å². The van der Waals surface area contributed by atoms with Crippen LogP contribution in [0.3, 0.4) is 0 Å². The Morgan fingerprint density at radius 1 is 1.53 bits per heavy atom. The molecule has 1 aromatic carbocycles. The highest BCUT2D eigenvalue weighted by Crippen LogP contribution is 2.23. The van der Waals surface area contributed by atoms with Gasteiger partial charge in [-0.05, 0) is 41.1 Å². The van der Waals surface area contributed by atoms with Gasteiger partial charge in [0.2, 0.25) is 10.0 Å². The highest BCUT2D eigenvalue weighted by molar-refractivity contribution is 9.10. The highest BCUT2D eigenvalue weighted by Gasteiger charge is 2.16. The molecule has 0 fully saturated rings. The summed E-state index contributed by atoms with van der Waals surface area (Å²) >= 11 is 3.18. The number of benzene rings is 1. The summed E-state index contributed by atoms with van der Waals surface area (Å²) < 4.78 is 32.1. The van der Waals surface area contributed by atoms with Gasteiger partial charge in [0.25, 0.3) is 0 Å². The second kappa shape index (κ2) is 7.04. The van der Waals surface area contributed by atoms with Crippen molar-refractivity contribution in [2.45, 2.75) is 11.8 Å².